The van der Waals surface area contributed by atoms with Crippen LogP contribution in [0.1, 0.15) is 18.9 Å². The highest BCUT2D eigenvalue weighted by atomic mass is 16.2. The summed E-state index contributed by atoms with van der Waals surface area (Å²) in [5, 5.41) is 2.89. The van der Waals surface area contributed by atoms with Crippen LogP contribution >= 0.6 is 0 Å². The molecule has 1 aromatic carbocycles. The standard InChI is InChI=1S/C15H20N2O/c1-2-17(14-10-11-16-15(14)18)12-6-9-13-7-4-3-5-8-13/h3-9,14H,2,10-12H2,1H3,(H,16,18)/b9-6+. The summed E-state index contributed by atoms with van der Waals surface area (Å²) in [4.78, 5) is 13.8. The van der Waals surface area contributed by atoms with Gasteiger partial charge in [0, 0.05) is 13.1 Å². The maximum atomic E-state index is 11.6. The van der Waals surface area contributed by atoms with E-state index in [0.717, 1.165) is 26.1 Å². The van der Waals surface area contributed by atoms with Crippen molar-refractivity contribution in [1.29, 1.82) is 0 Å². The van der Waals surface area contributed by atoms with E-state index < -0.39 is 0 Å². The average molecular weight is 244 g/mol. The number of benzene rings is 1. The third kappa shape index (κ3) is 3.20. The molecule has 1 N–H and O–H groups in total. The Bertz CT molecular complexity index is 414. The molecule has 1 unspecified atom stereocenters. The molecule has 2 rings (SSSR count). The maximum Gasteiger partial charge on any atom is 0.237 e. The number of likely N-dealkylation sites (N-methyl/N-ethyl adjacent to an activating group) is 1. The molecule has 0 spiro atoms. The van der Waals surface area contributed by atoms with Gasteiger partial charge in [0.25, 0.3) is 0 Å². The molecule has 1 atom stereocenters. The van der Waals surface area contributed by atoms with E-state index in [4.69, 9.17) is 0 Å². The van der Waals surface area contributed by atoms with Gasteiger partial charge in [0.1, 0.15) is 0 Å². The molecule has 1 aromatic rings. The number of carbonyl (C=O) groups excluding carboxylic acids is 1. The van der Waals surface area contributed by atoms with Crippen LogP contribution in [0.3, 0.4) is 0 Å². The van der Waals surface area contributed by atoms with E-state index in [-0.39, 0.29) is 11.9 Å². The summed E-state index contributed by atoms with van der Waals surface area (Å²) in [5.41, 5.74) is 1.20. The van der Waals surface area contributed by atoms with Gasteiger partial charge in [-0.2, -0.15) is 0 Å². The molecule has 1 aliphatic rings. The van der Waals surface area contributed by atoms with Gasteiger partial charge in [-0.05, 0) is 18.5 Å². The van der Waals surface area contributed by atoms with Crippen molar-refractivity contribution in [3.63, 3.8) is 0 Å². The number of carbonyl (C=O) groups is 1. The molecule has 1 aliphatic heterocycles. The summed E-state index contributed by atoms with van der Waals surface area (Å²) in [7, 11) is 0. The van der Waals surface area contributed by atoms with Crippen LogP contribution in [0.15, 0.2) is 36.4 Å². The smallest absolute Gasteiger partial charge is 0.237 e. The highest BCUT2D eigenvalue weighted by Gasteiger charge is 2.28. The van der Waals surface area contributed by atoms with Crippen LogP contribution in [0.5, 0.6) is 0 Å². The number of hydrogen-bond donors (Lipinski definition) is 1. The first kappa shape index (κ1) is 12.8. The molecular weight excluding hydrogens is 224 g/mol. The molecule has 3 nitrogen and oxygen atoms in total. The van der Waals surface area contributed by atoms with Crippen LogP contribution < -0.4 is 5.32 Å². The van der Waals surface area contributed by atoms with Gasteiger partial charge < -0.3 is 5.32 Å². The van der Waals surface area contributed by atoms with Crippen LogP contribution in [-0.4, -0.2) is 36.5 Å². The first-order valence-corrected chi connectivity index (χ1v) is 6.54. The topological polar surface area (TPSA) is 32.3 Å². The Morgan fingerprint density at radius 2 is 2.17 bits per heavy atom. The molecular formula is C15H20N2O. The van der Waals surface area contributed by atoms with E-state index in [1.165, 1.54) is 5.56 Å². The predicted octanol–water partition coefficient (Wildman–Crippen LogP) is 1.91. The van der Waals surface area contributed by atoms with Crippen LogP contribution in [0.2, 0.25) is 0 Å². The summed E-state index contributed by atoms with van der Waals surface area (Å²) < 4.78 is 0. The second kappa shape index (κ2) is 6.36. The average Bonchev–Trinajstić information content (AvgIpc) is 2.82. The fourth-order valence-corrected chi connectivity index (χ4v) is 2.29. The van der Waals surface area contributed by atoms with Crippen LogP contribution in [0.25, 0.3) is 6.08 Å². The normalized spacial score (nSPS) is 19.7. The molecule has 3 heteroatoms. The van der Waals surface area contributed by atoms with Gasteiger partial charge in [-0.25, -0.2) is 0 Å². The van der Waals surface area contributed by atoms with Crippen molar-refractivity contribution in [2.75, 3.05) is 19.6 Å². The van der Waals surface area contributed by atoms with Gasteiger partial charge in [-0.15, -0.1) is 0 Å². The maximum absolute atomic E-state index is 11.6. The minimum atomic E-state index is 0.0513. The minimum Gasteiger partial charge on any atom is -0.355 e. The fraction of sp³-hybridized carbons (Fsp3) is 0.400. The van der Waals surface area contributed by atoms with Gasteiger partial charge in [0.15, 0.2) is 0 Å². The Labute approximate surface area is 108 Å². The second-order valence-electron chi connectivity index (χ2n) is 4.50. The van der Waals surface area contributed by atoms with Gasteiger partial charge in [-0.3, -0.25) is 9.69 Å². The van der Waals surface area contributed by atoms with Gasteiger partial charge in [0.05, 0.1) is 6.04 Å². The lowest BCUT2D eigenvalue weighted by atomic mass is 10.2. The zero-order valence-corrected chi connectivity index (χ0v) is 10.8. The van der Waals surface area contributed by atoms with Gasteiger partial charge in [0.2, 0.25) is 5.91 Å². The summed E-state index contributed by atoms with van der Waals surface area (Å²) in [6.45, 7) is 4.63. The van der Waals surface area contributed by atoms with E-state index in [2.05, 4.69) is 41.4 Å². The number of nitrogens with one attached hydrogen (secondary N) is 1. The Balaban J connectivity index is 1.91. The summed E-state index contributed by atoms with van der Waals surface area (Å²) >= 11 is 0. The largest absolute Gasteiger partial charge is 0.355 e. The Kier molecular flexibility index (Phi) is 4.53. The van der Waals surface area contributed by atoms with Crippen molar-refractivity contribution in [3.05, 3.63) is 42.0 Å². The van der Waals surface area contributed by atoms with E-state index in [1.807, 2.05) is 18.2 Å². The number of nitrogens with zero attached hydrogens (tertiary/aromatic N) is 1. The molecule has 96 valence electrons. The van der Waals surface area contributed by atoms with Crippen molar-refractivity contribution < 1.29 is 4.79 Å². The number of hydrogen-bond acceptors (Lipinski definition) is 2. The number of amides is 1. The zero-order valence-electron chi connectivity index (χ0n) is 10.8. The first-order chi connectivity index (χ1) is 8.81. The molecule has 1 heterocycles. The third-order valence-corrected chi connectivity index (χ3v) is 3.32. The first-order valence-electron chi connectivity index (χ1n) is 6.54. The molecule has 1 amide bonds. The van der Waals surface area contributed by atoms with E-state index in [1.54, 1.807) is 0 Å². The fourth-order valence-electron chi connectivity index (χ4n) is 2.29. The predicted molar refractivity (Wildman–Crippen MR) is 74.1 cm³/mol. The van der Waals surface area contributed by atoms with Crippen molar-refractivity contribution in [3.8, 4) is 0 Å². The lowest BCUT2D eigenvalue weighted by Crippen LogP contribution is -2.40. The van der Waals surface area contributed by atoms with Gasteiger partial charge in [-0.1, -0.05) is 49.4 Å². The van der Waals surface area contributed by atoms with E-state index >= 15 is 0 Å². The van der Waals surface area contributed by atoms with Crippen LogP contribution in [0, 0.1) is 0 Å². The Morgan fingerprint density at radius 3 is 2.78 bits per heavy atom. The highest BCUT2D eigenvalue weighted by Crippen LogP contribution is 2.10. The molecule has 1 saturated heterocycles. The molecule has 0 aliphatic carbocycles. The summed E-state index contributed by atoms with van der Waals surface area (Å²) in [6.07, 6.45) is 5.16. The molecule has 0 radical (unpaired) electrons. The van der Waals surface area contributed by atoms with Gasteiger partial charge >= 0.3 is 0 Å². The van der Waals surface area contributed by atoms with Crippen LogP contribution in [-0.2, 0) is 4.79 Å². The summed E-state index contributed by atoms with van der Waals surface area (Å²) in [5.74, 6) is 0.171. The number of rotatable bonds is 5. The monoisotopic (exact) mass is 244 g/mol. The van der Waals surface area contributed by atoms with Crippen LogP contribution in [0.4, 0.5) is 0 Å². The van der Waals surface area contributed by atoms with E-state index in [9.17, 15) is 4.79 Å². The Hall–Kier alpha value is -1.61. The lowest BCUT2D eigenvalue weighted by Gasteiger charge is -2.23. The van der Waals surface area contributed by atoms with E-state index in [0.29, 0.717) is 0 Å². The molecule has 0 saturated carbocycles. The van der Waals surface area contributed by atoms with Crippen molar-refractivity contribution in [2.24, 2.45) is 0 Å². The highest BCUT2D eigenvalue weighted by molar-refractivity contribution is 5.83. The van der Waals surface area contributed by atoms with Crippen molar-refractivity contribution in [2.45, 2.75) is 19.4 Å². The lowest BCUT2D eigenvalue weighted by molar-refractivity contribution is -0.123. The third-order valence-electron chi connectivity index (χ3n) is 3.32. The van der Waals surface area contributed by atoms with Crippen molar-refractivity contribution in [1.82, 2.24) is 10.2 Å². The molecule has 0 bridgehead atoms. The zero-order chi connectivity index (χ0) is 12.8. The SMILES string of the molecule is CCN(C/C=C/c1ccccc1)C1CCNC1=O. The minimum absolute atomic E-state index is 0.0513. The summed E-state index contributed by atoms with van der Waals surface area (Å²) in [6, 6.07) is 10.3. The molecule has 0 aromatic heterocycles. The quantitative estimate of drug-likeness (QED) is 0.858. The second-order valence-corrected chi connectivity index (χ2v) is 4.50. The van der Waals surface area contributed by atoms with Crippen molar-refractivity contribution >= 4 is 12.0 Å². The molecule has 18 heavy (non-hydrogen) atoms. The molecule has 1 fully saturated rings. The Morgan fingerprint density at radius 1 is 1.39 bits per heavy atom.